The van der Waals surface area contributed by atoms with E-state index in [1.165, 1.54) is 43.0 Å². The van der Waals surface area contributed by atoms with E-state index in [4.69, 9.17) is 4.98 Å². The molecule has 0 N–H and O–H groups in total. The highest BCUT2D eigenvalue weighted by Crippen LogP contribution is 2.45. The van der Waals surface area contributed by atoms with Gasteiger partial charge in [-0.1, -0.05) is 69.1 Å². The fraction of sp³-hybridized carbons (Fsp3) is 0.450. The van der Waals surface area contributed by atoms with Gasteiger partial charge in [0.2, 0.25) is 0 Å². The van der Waals surface area contributed by atoms with Crippen molar-refractivity contribution in [3.8, 4) is 11.3 Å². The van der Waals surface area contributed by atoms with Crippen molar-refractivity contribution >= 4 is 13.3 Å². The third-order valence-electron chi connectivity index (χ3n) is 5.68. The summed E-state index contributed by atoms with van der Waals surface area (Å²) in [5.41, 5.74) is 4.48. The van der Waals surface area contributed by atoms with Crippen molar-refractivity contribution in [2.45, 2.75) is 51.2 Å². The Hall–Kier alpha value is -1.41. The first-order chi connectivity index (χ1) is 10.6. The van der Waals surface area contributed by atoms with E-state index in [-0.39, 0.29) is 0 Å². The number of hydrogen-bond acceptors (Lipinski definition) is 1. The molecule has 3 heterocycles. The Bertz CT molecular complexity index is 684. The standard InChI is InChI=1S/C20H25NSi/c1-20(2)13-17-12-18(16-8-4-3-5-9-16)21-14-19(17)22(15-20)10-6-7-11-22/h3-5,8-9,12,14H,6-7,10-11,13,15H2,1-2H3. The minimum Gasteiger partial charge on any atom is -0.256 e. The molecule has 1 aromatic carbocycles. The lowest BCUT2D eigenvalue weighted by Gasteiger charge is -2.43. The molecule has 0 aliphatic carbocycles. The van der Waals surface area contributed by atoms with Gasteiger partial charge < -0.3 is 0 Å². The first kappa shape index (κ1) is 14.2. The van der Waals surface area contributed by atoms with E-state index in [0.717, 1.165) is 5.69 Å². The molecule has 1 nitrogen and oxygen atoms in total. The molecule has 0 atom stereocenters. The third kappa shape index (κ3) is 2.34. The van der Waals surface area contributed by atoms with Crippen molar-refractivity contribution in [2.75, 3.05) is 0 Å². The van der Waals surface area contributed by atoms with Crippen LogP contribution in [0.25, 0.3) is 11.3 Å². The SMILES string of the molecule is CC1(C)Cc2cc(-c3ccccc3)ncc2[Si]2(CCCC2)C1. The number of hydrogen-bond donors (Lipinski definition) is 0. The van der Waals surface area contributed by atoms with E-state index in [1.54, 1.807) is 10.8 Å². The number of pyridine rings is 1. The molecule has 0 radical (unpaired) electrons. The summed E-state index contributed by atoms with van der Waals surface area (Å²) >= 11 is 0. The highest BCUT2D eigenvalue weighted by atomic mass is 28.3. The smallest absolute Gasteiger partial charge is 0.0896 e. The fourth-order valence-electron chi connectivity index (χ4n) is 4.97. The van der Waals surface area contributed by atoms with Gasteiger partial charge in [0.05, 0.1) is 13.8 Å². The fourth-order valence-corrected chi connectivity index (χ4v) is 11.3. The molecule has 2 aliphatic rings. The highest BCUT2D eigenvalue weighted by Gasteiger charge is 2.47. The molecule has 0 amide bonds. The van der Waals surface area contributed by atoms with Crippen molar-refractivity contribution in [3.63, 3.8) is 0 Å². The van der Waals surface area contributed by atoms with Crippen molar-refractivity contribution in [3.05, 3.63) is 48.2 Å². The van der Waals surface area contributed by atoms with Gasteiger partial charge in [-0.05, 0) is 34.7 Å². The van der Waals surface area contributed by atoms with Crippen LogP contribution in [0.5, 0.6) is 0 Å². The Morgan fingerprint density at radius 3 is 2.50 bits per heavy atom. The predicted octanol–water partition coefficient (Wildman–Crippen LogP) is 4.78. The van der Waals surface area contributed by atoms with Crippen LogP contribution in [0.15, 0.2) is 42.6 Å². The van der Waals surface area contributed by atoms with Crippen LogP contribution in [-0.2, 0) is 6.42 Å². The van der Waals surface area contributed by atoms with E-state index in [9.17, 15) is 0 Å². The van der Waals surface area contributed by atoms with Gasteiger partial charge >= 0.3 is 0 Å². The van der Waals surface area contributed by atoms with Crippen molar-refractivity contribution < 1.29 is 0 Å². The molecule has 2 aliphatic heterocycles. The van der Waals surface area contributed by atoms with Crippen LogP contribution in [0.1, 0.15) is 32.3 Å². The lowest BCUT2D eigenvalue weighted by Crippen LogP contribution is -2.54. The molecular weight excluding hydrogens is 282 g/mol. The van der Waals surface area contributed by atoms with Crippen molar-refractivity contribution in [1.29, 1.82) is 0 Å². The van der Waals surface area contributed by atoms with Crippen LogP contribution in [0, 0.1) is 5.41 Å². The molecule has 4 rings (SSSR count). The maximum atomic E-state index is 4.86. The minimum atomic E-state index is -1.26. The second-order valence-corrected chi connectivity index (χ2v) is 12.6. The Morgan fingerprint density at radius 1 is 1.05 bits per heavy atom. The van der Waals surface area contributed by atoms with E-state index in [0.29, 0.717) is 5.41 Å². The average molecular weight is 308 g/mol. The monoisotopic (exact) mass is 307 g/mol. The number of rotatable bonds is 1. The number of aromatic nitrogens is 1. The summed E-state index contributed by atoms with van der Waals surface area (Å²) in [6.45, 7) is 4.96. The molecule has 1 spiro atoms. The molecular formula is C20H25NSi. The zero-order valence-corrected chi connectivity index (χ0v) is 14.7. The van der Waals surface area contributed by atoms with Gasteiger partial charge in [0, 0.05) is 11.8 Å². The van der Waals surface area contributed by atoms with E-state index >= 15 is 0 Å². The van der Waals surface area contributed by atoms with Gasteiger partial charge in [0.25, 0.3) is 0 Å². The molecule has 22 heavy (non-hydrogen) atoms. The Kier molecular flexibility index (Phi) is 3.26. The van der Waals surface area contributed by atoms with Gasteiger partial charge in [-0.15, -0.1) is 0 Å². The number of benzene rings is 1. The quantitative estimate of drug-likeness (QED) is 0.691. The van der Waals surface area contributed by atoms with Crippen molar-refractivity contribution in [2.24, 2.45) is 5.41 Å². The molecule has 114 valence electrons. The van der Waals surface area contributed by atoms with E-state index in [1.807, 2.05) is 0 Å². The summed E-state index contributed by atoms with van der Waals surface area (Å²) in [5.74, 6) is 0. The lowest BCUT2D eigenvalue weighted by molar-refractivity contribution is 0.399. The normalized spacial score (nSPS) is 21.7. The lowest BCUT2D eigenvalue weighted by atomic mass is 9.87. The summed E-state index contributed by atoms with van der Waals surface area (Å²) in [6.07, 6.45) is 6.38. The van der Waals surface area contributed by atoms with Gasteiger partial charge in [0.1, 0.15) is 0 Å². The van der Waals surface area contributed by atoms with Crippen LogP contribution in [0.3, 0.4) is 0 Å². The van der Waals surface area contributed by atoms with Gasteiger partial charge in [-0.3, -0.25) is 4.98 Å². The van der Waals surface area contributed by atoms with Crippen LogP contribution < -0.4 is 5.19 Å². The van der Waals surface area contributed by atoms with Crippen molar-refractivity contribution in [1.82, 2.24) is 4.98 Å². The molecule has 0 bridgehead atoms. The van der Waals surface area contributed by atoms with Gasteiger partial charge in [-0.25, -0.2) is 0 Å². The summed E-state index contributed by atoms with van der Waals surface area (Å²) in [5, 5.41) is 1.70. The molecule has 1 aromatic heterocycles. The maximum absolute atomic E-state index is 4.86. The maximum Gasteiger partial charge on any atom is 0.0896 e. The molecule has 2 heteroatoms. The second kappa shape index (κ2) is 5.06. The molecule has 0 unspecified atom stereocenters. The van der Waals surface area contributed by atoms with E-state index < -0.39 is 8.07 Å². The second-order valence-electron chi connectivity index (χ2n) is 8.10. The van der Waals surface area contributed by atoms with E-state index in [2.05, 4.69) is 56.4 Å². The zero-order chi connectivity index (χ0) is 15.2. The third-order valence-corrected chi connectivity index (χ3v) is 11.5. The van der Waals surface area contributed by atoms with Crippen LogP contribution in [0.2, 0.25) is 18.1 Å². The van der Waals surface area contributed by atoms with Crippen LogP contribution >= 0.6 is 0 Å². The number of nitrogens with zero attached hydrogens (tertiary/aromatic N) is 1. The molecule has 2 aromatic rings. The Morgan fingerprint density at radius 2 is 1.77 bits per heavy atom. The molecule has 1 saturated heterocycles. The summed E-state index contributed by atoms with van der Waals surface area (Å²) in [6, 6.07) is 17.5. The Labute approximate surface area is 134 Å². The molecule has 1 fully saturated rings. The number of fused-ring (bicyclic) bond motifs is 2. The molecule has 0 saturated carbocycles. The first-order valence-corrected chi connectivity index (χ1v) is 11.3. The minimum absolute atomic E-state index is 0.471. The summed E-state index contributed by atoms with van der Waals surface area (Å²) < 4.78 is 0. The van der Waals surface area contributed by atoms with Gasteiger partial charge in [-0.2, -0.15) is 0 Å². The van der Waals surface area contributed by atoms with Crippen LogP contribution in [0.4, 0.5) is 0 Å². The largest absolute Gasteiger partial charge is 0.256 e. The summed E-state index contributed by atoms with van der Waals surface area (Å²) in [7, 11) is -1.26. The summed E-state index contributed by atoms with van der Waals surface area (Å²) in [4.78, 5) is 4.86. The highest BCUT2D eigenvalue weighted by molar-refractivity contribution is 6.93. The topological polar surface area (TPSA) is 12.9 Å². The average Bonchev–Trinajstić information content (AvgIpc) is 2.95. The predicted molar refractivity (Wildman–Crippen MR) is 96.2 cm³/mol. The van der Waals surface area contributed by atoms with Gasteiger partial charge in [0.15, 0.2) is 0 Å². The first-order valence-electron chi connectivity index (χ1n) is 8.63. The zero-order valence-electron chi connectivity index (χ0n) is 13.7. The Balaban J connectivity index is 1.82. The van der Waals surface area contributed by atoms with Crippen LogP contribution in [-0.4, -0.2) is 13.1 Å².